The van der Waals surface area contributed by atoms with Crippen molar-refractivity contribution in [1.29, 1.82) is 0 Å². The molecule has 0 aliphatic carbocycles. The Bertz CT molecular complexity index is 234. The second kappa shape index (κ2) is 6.66. The zero-order chi connectivity index (χ0) is 10.3. The Morgan fingerprint density at radius 1 is 1.54 bits per heavy atom. The second-order valence-corrected chi connectivity index (χ2v) is 2.62. The van der Waals surface area contributed by atoms with Crippen molar-refractivity contribution in [2.24, 2.45) is 4.99 Å². The molecule has 0 aromatic rings. The molecule has 0 saturated heterocycles. The number of hydrogen-bond donors (Lipinski definition) is 0. The summed E-state index contributed by atoms with van der Waals surface area (Å²) in [6.07, 6.45) is 2.42. The highest BCUT2D eigenvalue weighted by molar-refractivity contribution is 6.72. The maximum Gasteiger partial charge on any atom is 0.340 e. The molecule has 0 bridgehead atoms. The molecule has 0 fully saturated rings. The maximum absolute atomic E-state index is 11.3. The minimum absolute atomic E-state index is 0.195. The highest BCUT2D eigenvalue weighted by Gasteiger charge is 2.13. The number of nitrogens with zero attached hydrogens (tertiary/aromatic N) is 1. The van der Waals surface area contributed by atoms with Crippen molar-refractivity contribution in [2.75, 3.05) is 13.7 Å². The second-order valence-electron chi connectivity index (χ2n) is 2.26. The Hall–Kier alpha value is -0.830. The quantitative estimate of drug-likeness (QED) is 0.399. The maximum atomic E-state index is 11.3. The van der Waals surface area contributed by atoms with E-state index in [1.807, 2.05) is 6.92 Å². The molecule has 0 heterocycles. The normalized spacial score (nSPS) is 12.9. The molecule has 74 valence electrons. The van der Waals surface area contributed by atoms with Gasteiger partial charge in [-0.15, -0.1) is 0 Å². The zero-order valence-corrected chi connectivity index (χ0v) is 8.89. The lowest BCUT2D eigenvalue weighted by Crippen LogP contribution is -2.12. The molecule has 0 aromatic heterocycles. The summed E-state index contributed by atoms with van der Waals surface area (Å²) >= 11 is 5.72. The lowest BCUT2D eigenvalue weighted by atomic mass is 10.2. The number of carbonyl (C=O) groups excluding carboxylic acids is 1. The molecular formula is C9H14ClNO2. The first-order valence-electron chi connectivity index (χ1n) is 4.17. The molecule has 0 atom stereocenters. The van der Waals surface area contributed by atoms with Crippen molar-refractivity contribution in [3.05, 3.63) is 11.6 Å². The van der Waals surface area contributed by atoms with Crippen LogP contribution in [-0.2, 0) is 9.53 Å². The standard InChI is InChI=1S/C9H14ClNO2/c1-4-6-7(8(10)11-3)9(12)13-5-2/h6H,4-5H2,1-3H3/b7-6+,11-8?. The summed E-state index contributed by atoms with van der Waals surface area (Å²) in [4.78, 5) is 15.0. The fourth-order valence-corrected chi connectivity index (χ4v) is 0.939. The van der Waals surface area contributed by atoms with Crippen molar-refractivity contribution < 1.29 is 9.53 Å². The molecule has 4 heteroatoms. The van der Waals surface area contributed by atoms with Gasteiger partial charge in [0.2, 0.25) is 0 Å². The number of esters is 1. The van der Waals surface area contributed by atoms with Crippen LogP contribution in [0.3, 0.4) is 0 Å². The van der Waals surface area contributed by atoms with Crippen LogP contribution in [0.2, 0.25) is 0 Å². The third-order valence-electron chi connectivity index (χ3n) is 1.32. The highest BCUT2D eigenvalue weighted by atomic mass is 35.5. The van der Waals surface area contributed by atoms with E-state index >= 15 is 0 Å². The Kier molecular flexibility index (Phi) is 6.24. The minimum Gasteiger partial charge on any atom is -0.462 e. The number of rotatable bonds is 4. The summed E-state index contributed by atoms with van der Waals surface area (Å²) in [6.45, 7) is 4.01. The van der Waals surface area contributed by atoms with Crippen molar-refractivity contribution in [3.63, 3.8) is 0 Å². The molecule has 0 rings (SSSR count). The van der Waals surface area contributed by atoms with E-state index in [1.54, 1.807) is 13.0 Å². The zero-order valence-electron chi connectivity index (χ0n) is 8.13. The fourth-order valence-electron chi connectivity index (χ4n) is 0.785. The largest absolute Gasteiger partial charge is 0.462 e. The topological polar surface area (TPSA) is 38.7 Å². The molecule has 0 amide bonds. The number of halogens is 1. The van der Waals surface area contributed by atoms with Gasteiger partial charge in [-0.3, -0.25) is 4.99 Å². The third kappa shape index (κ3) is 4.08. The first-order valence-corrected chi connectivity index (χ1v) is 4.55. The number of allylic oxidation sites excluding steroid dienone is 1. The summed E-state index contributed by atoms with van der Waals surface area (Å²) in [6, 6.07) is 0. The van der Waals surface area contributed by atoms with E-state index < -0.39 is 5.97 Å². The van der Waals surface area contributed by atoms with Gasteiger partial charge in [0.05, 0.1) is 12.2 Å². The van der Waals surface area contributed by atoms with E-state index in [1.165, 1.54) is 7.05 Å². The molecular weight excluding hydrogens is 190 g/mol. The van der Waals surface area contributed by atoms with Gasteiger partial charge < -0.3 is 4.74 Å². The molecule has 13 heavy (non-hydrogen) atoms. The fraction of sp³-hybridized carbons (Fsp3) is 0.556. The van der Waals surface area contributed by atoms with Crippen LogP contribution in [0.4, 0.5) is 0 Å². The molecule has 0 radical (unpaired) electrons. The van der Waals surface area contributed by atoms with Crippen molar-refractivity contribution in [3.8, 4) is 0 Å². The number of aliphatic imine (C=N–C) groups is 1. The average molecular weight is 204 g/mol. The Balaban J connectivity index is 4.62. The van der Waals surface area contributed by atoms with Gasteiger partial charge in [0, 0.05) is 7.05 Å². The lowest BCUT2D eigenvalue weighted by molar-refractivity contribution is -0.137. The first kappa shape index (κ1) is 12.2. The lowest BCUT2D eigenvalue weighted by Gasteiger charge is -2.03. The summed E-state index contributed by atoms with van der Waals surface area (Å²) in [7, 11) is 1.53. The van der Waals surface area contributed by atoms with E-state index in [9.17, 15) is 4.79 Å². The van der Waals surface area contributed by atoms with Gasteiger partial charge in [0.15, 0.2) is 0 Å². The summed E-state index contributed by atoms with van der Waals surface area (Å²) in [5, 5.41) is 0.195. The SMILES string of the molecule is CC/C=C(/C(=O)OCC)C(Cl)=NC. The smallest absolute Gasteiger partial charge is 0.340 e. The van der Waals surface area contributed by atoms with Crippen LogP contribution in [-0.4, -0.2) is 24.8 Å². The van der Waals surface area contributed by atoms with Crippen LogP contribution in [0.5, 0.6) is 0 Å². The average Bonchev–Trinajstić information content (AvgIpc) is 2.13. The van der Waals surface area contributed by atoms with Gasteiger partial charge in [-0.05, 0) is 13.3 Å². The molecule has 0 aliphatic rings. The Labute approximate surface area is 83.4 Å². The van der Waals surface area contributed by atoms with E-state index in [2.05, 4.69) is 4.99 Å². The molecule has 0 N–H and O–H groups in total. The summed E-state index contributed by atoms with van der Waals surface area (Å²) < 4.78 is 4.81. The first-order chi connectivity index (χ1) is 6.17. The number of carbonyl (C=O) groups is 1. The third-order valence-corrected chi connectivity index (χ3v) is 1.69. The van der Waals surface area contributed by atoms with Gasteiger partial charge in [0.1, 0.15) is 5.17 Å². The Morgan fingerprint density at radius 3 is 2.54 bits per heavy atom. The van der Waals surface area contributed by atoms with Crippen molar-refractivity contribution in [1.82, 2.24) is 0 Å². The van der Waals surface area contributed by atoms with Crippen LogP contribution in [0.15, 0.2) is 16.6 Å². The number of hydrogen-bond acceptors (Lipinski definition) is 3. The molecule has 0 spiro atoms. The van der Waals surface area contributed by atoms with Crippen LogP contribution >= 0.6 is 11.6 Å². The van der Waals surface area contributed by atoms with Gasteiger partial charge in [-0.2, -0.15) is 0 Å². The van der Waals surface area contributed by atoms with Crippen LogP contribution in [0.1, 0.15) is 20.3 Å². The van der Waals surface area contributed by atoms with E-state index in [-0.39, 0.29) is 5.17 Å². The van der Waals surface area contributed by atoms with Crippen molar-refractivity contribution >= 4 is 22.7 Å². The van der Waals surface area contributed by atoms with E-state index in [4.69, 9.17) is 16.3 Å². The number of ether oxygens (including phenoxy) is 1. The van der Waals surface area contributed by atoms with Crippen LogP contribution in [0.25, 0.3) is 0 Å². The monoisotopic (exact) mass is 203 g/mol. The van der Waals surface area contributed by atoms with E-state index in [0.29, 0.717) is 12.2 Å². The molecule has 3 nitrogen and oxygen atoms in total. The predicted octanol–water partition coefficient (Wildman–Crippen LogP) is 2.15. The van der Waals surface area contributed by atoms with Crippen molar-refractivity contribution in [2.45, 2.75) is 20.3 Å². The molecule has 0 saturated carbocycles. The van der Waals surface area contributed by atoms with Gasteiger partial charge in [0.25, 0.3) is 0 Å². The Morgan fingerprint density at radius 2 is 2.15 bits per heavy atom. The van der Waals surface area contributed by atoms with Gasteiger partial charge in [-0.1, -0.05) is 24.6 Å². The summed E-state index contributed by atoms with van der Waals surface area (Å²) in [5.41, 5.74) is 0.341. The van der Waals surface area contributed by atoms with E-state index in [0.717, 1.165) is 6.42 Å². The minimum atomic E-state index is -0.417. The molecule has 0 unspecified atom stereocenters. The summed E-state index contributed by atoms with van der Waals surface area (Å²) in [5.74, 6) is -0.417. The van der Waals surface area contributed by atoms with Gasteiger partial charge >= 0.3 is 5.97 Å². The molecule has 0 aromatic carbocycles. The highest BCUT2D eigenvalue weighted by Crippen LogP contribution is 2.06. The van der Waals surface area contributed by atoms with Crippen LogP contribution < -0.4 is 0 Å². The molecule has 0 aliphatic heterocycles. The van der Waals surface area contributed by atoms with Gasteiger partial charge in [-0.25, -0.2) is 4.79 Å². The predicted molar refractivity (Wildman–Crippen MR) is 54.2 cm³/mol. The van der Waals surface area contributed by atoms with Crippen LogP contribution in [0, 0.1) is 0 Å².